The molecule has 84 valence electrons. The number of aryl methyl sites for hydroxylation is 1. The Bertz CT molecular complexity index is 347. The fourth-order valence-corrected chi connectivity index (χ4v) is 2.26. The van der Waals surface area contributed by atoms with Gasteiger partial charge in [-0.1, -0.05) is 0 Å². The molecule has 0 bridgehead atoms. The van der Waals surface area contributed by atoms with E-state index in [1.54, 1.807) is 6.33 Å². The van der Waals surface area contributed by atoms with Crippen LogP contribution in [0, 0.1) is 0 Å². The van der Waals surface area contributed by atoms with E-state index in [4.69, 9.17) is 11.6 Å². The first-order chi connectivity index (χ1) is 7.01. The lowest BCUT2D eigenvalue weighted by atomic mass is 10.0. The normalized spacial score (nSPS) is 26.0. The van der Waals surface area contributed by atoms with Crippen LogP contribution >= 0.6 is 11.6 Å². The third kappa shape index (κ3) is 1.88. The van der Waals surface area contributed by atoms with E-state index < -0.39 is 0 Å². The van der Waals surface area contributed by atoms with Crippen molar-refractivity contribution in [2.24, 2.45) is 7.05 Å². The number of nitrogens with zero attached hydrogens (tertiary/aromatic N) is 4. The molecule has 1 aromatic rings. The molecule has 0 saturated carbocycles. The van der Waals surface area contributed by atoms with Crippen molar-refractivity contribution in [2.45, 2.75) is 37.7 Å². The highest BCUT2D eigenvalue weighted by Crippen LogP contribution is 2.33. The average molecular weight is 229 g/mol. The van der Waals surface area contributed by atoms with Crippen LogP contribution in [0.5, 0.6) is 0 Å². The van der Waals surface area contributed by atoms with E-state index >= 15 is 0 Å². The van der Waals surface area contributed by atoms with Crippen LogP contribution in [0.15, 0.2) is 6.33 Å². The predicted molar refractivity (Wildman–Crippen MR) is 59.8 cm³/mol. The van der Waals surface area contributed by atoms with E-state index in [2.05, 4.69) is 28.8 Å². The summed E-state index contributed by atoms with van der Waals surface area (Å²) in [7, 11) is 1.92. The standard InChI is InChI=1S/C10H17ClN4/c1-10(2)8(11)4-5-15(10)6-9-12-7-13-14(9)3/h7-8H,4-6H2,1-3H3. The van der Waals surface area contributed by atoms with E-state index in [1.807, 2.05) is 11.7 Å². The number of alkyl halides is 1. The zero-order chi connectivity index (χ0) is 11.1. The van der Waals surface area contributed by atoms with E-state index in [0.717, 1.165) is 25.3 Å². The minimum absolute atomic E-state index is 0.0491. The summed E-state index contributed by atoms with van der Waals surface area (Å²) < 4.78 is 1.82. The van der Waals surface area contributed by atoms with Crippen LogP contribution in [0.1, 0.15) is 26.1 Å². The van der Waals surface area contributed by atoms with E-state index in [9.17, 15) is 0 Å². The van der Waals surface area contributed by atoms with Crippen LogP contribution < -0.4 is 0 Å². The van der Waals surface area contributed by atoms with E-state index in [0.29, 0.717) is 0 Å². The summed E-state index contributed by atoms with van der Waals surface area (Å²) in [4.78, 5) is 6.61. The van der Waals surface area contributed by atoms with Crippen molar-refractivity contribution in [3.05, 3.63) is 12.2 Å². The lowest BCUT2D eigenvalue weighted by Crippen LogP contribution is -2.43. The molecule has 0 spiro atoms. The van der Waals surface area contributed by atoms with Gasteiger partial charge in [0.05, 0.1) is 11.9 Å². The molecule has 1 aromatic heterocycles. The summed E-state index contributed by atoms with van der Waals surface area (Å²) in [5, 5.41) is 4.30. The molecule has 0 amide bonds. The number of likely N-dealkylation sites (tertiary alicyclic amines) is 1. The molecule has 15 heavy (non-hydrogen) atoms. The van der Waals surface area contributed by atoms with Crippen LogP contribution in [0.4, 0.5) is 0 Å². The summed E-state index contributed by atoms with van der Waals surface area (Å²) in [6.45, 7) is 6.24. The Morgan fingerprint density at radius 2 is 2.33 bits per heavy atom. The highest BCUT2D eigenvalue weighted by molar-refractivity contribution is 6.21. The fraction of sp³-hybridized carbons (Fsp3) is 0.800. The summed E-state index contributed by atoms with van der Waals surface area (Å²) in [6, 6.07) is 0. The van der Waals surface area contributed by atoms with Crippen molar-refractivity contribution in [3.63, 3.8) is 0 Å². The van der Waals surface area contributed by atoms with Crippen molar-refractivity contribution in [2.75, 3.05) is 6.54 Å². The van der Waals surface area contributed by atoms with Gasteiger partial charge in [-0.15, -0.1) is 11.6 Å². The Kier molecular flexibility index (Phi) is 2.73. The zero-order valence-electron chi connectivity index (χ0n) is 9.44. The third-order valence-corrected chi connectivity index (χ3v) is 4.12. The van der Waals surface area contributed by atoms with Crippen molar-refractivity contribution in [3.8, 4) is 0 Å². The molecule has 1 aliphatic rings. The van der Waals surface area contributed by atoms with Gasteiger partial charge in [0.2, 0.25) is 0 Å². The second-order valence-corrected chi connectivity index (χ2v) is 5.16. The molecular formula is C10H17ClN4. The molecule has 1 saturated heterocycles. The lowest BCUT2D eigenvalue weighted by Gasteiger charge is -2.33. The highest BCUT2D eigenvalue weighted by atomic mass is 35.5. The first-order valence-corrected chi connectivity index (χ1v) is 5.67. The molecular weight excluding hydrogens is 212 g/mol. The topological polar surface area (TPSA) is 34.0 Å². The van der Waals surface area contributed by atoms with E-state index in [-0.39, 0.29) is 10.9 Å². The van der Waals surface area contributed by atoms with Gasteiger partial charge in [-0.2, -0.15) is 5.10 Å². The van der Waals surface area contributed by atoms with Gasteiger partial charge >= 0.3 is 0 Å². The Hall–Kier alpha value is -0.610. The van der Waals surface area contributed by atoms with Gasteiger partial charge in [-0.25, -0.2) is 4.98 Å². The molecule has 0 N–H and O–H groups in total. The van der Waals surface area contributed by atoms with Crippen molar-refractivity contribution >= 4 is 11.6 Å². The molecule has 1 unspecified atom stereocenters. The second kappa shape index (κ2) is 3.76. The summed E-state index contributed by atoms with van der Waals surface area (Å²) in [5.41, 5.74) is 0.0491. The summed E-state index contributed by atoms with van der Waals surface area (Å²) in [5.74, 6) is 0.994. The maximum atomic E-state index is 6.29. The van der Waals surface area contributed by atoms with Gasteiger partial charge in [0.1, 0.15) is 12.2 Å². The van der Waals surface area contributed by atoms with Crippen molar-refractivity contribution in [1.82, 2.24) is 19.7 Å². The minimum Gasteiger partial charge on any atom is -0.289 e. The van der Waals surface area contributed by atoms with Gasteiger partial charge < -0.3 is 0 Å². The predicted octanol–water partition coefficient (Wildman–Crippen LogP) is 1.41. The second-order valence-electron chi connectivity index (χ2n) is 4.63. The average Bonchev–Trinajstić information content (AvgIpc) is 2.66. The van der Waals surface area contributed by atoms with Crippen molar-refractivity contribution < 1.29 is 0 Å². The Morgan fingerprint density at radius 1 is 1.60 bits per heavy atom. The molecule has 1 fully saturated rings. The molecule has 2 rings (SSSR count). The van der Waals surface area contributed by atoms with Gasteiger partial charge in [0, 0.05) is 19.1 Å². The highest BCUT2D eigenvalue weighted by Gasteiger charge is 2.40. The minimum atomic E-state index is 0.0491. The third-order valence-electron chi connectivity index (χ3n) is 3.37. The van der Waals surface area contributed by atoms with Crippen LogP contribution in [0.2, 0.25) is 0 Å². The van der Waals surface area contributed by atoms with Crippen LogP contribution in [-0.4, -0.2) is 37.1 Å². The number of rotatable bonds is 2. The zero-order valence-corrected chi connectivity index (χ0v) is 10.2. The maximum Gasteiger partial charge on any atom is 0.140 e. The molecule has 1 atom stereocenters. The maximum absolute atomic E-state index is 6.29. The summed E-state index contributed by atoms with van der Waals surface area (Å²) >= 11 is 6.29. The first kappa shape index (κ1) is 10.9. The van der Waals surface area contributed by atoms with Gasteiger partial charge in [0.15, 0.2) is 0 Å². The van der Waals surface area contributed by atoms with Gasteiger partial charge in [-0.3, -0.25) is 9.58 Å². The molecule has 0 aliphatic carbocycles. The monoisotopic (exact) mass is 228 g/mol. The number of hydrogen-bond acceptors (Lipinski definition) is 3. The molecule has 0 aromatic carbocycles. The van der Waals surface area contributed by atoms with Crippen LogP contribution in [0.25, 0.3) is 0 Å². The number of aromatic nitrogens is 3. The SMILES string of the molecule is Cn1ncnc1CN1CCC(Cl)C1(C)C. The van der Waals surface area contributed by atoms with Gasteiger partial charge in [0.25, 0.3) is 0 Å². The smallest absolute Gasteiger partial charge is 0.140 e. The lowest BCUT2D eigenvalue weighted by molar-refractivity contribution is 0.162. The number of hydrogen-bond donors (Lipinski definition) is 0. The first-order valence-electron chi connectivity index (χ1n) is 5.24. The molecule has 0 radical (unpaired) electrons. The van der Waals surface area contributed by atoms with E-state index in [1.165, 1.54) is 0 Å². The fourth-order valence-electron chi connectivity index (χ4n) is 2.03. The Morgan fingerprint density at radius 3 is 2.80 bits per heavy atom. The molecule has 5 heteroatoms. The van der Waals surface area contributed by atoms with Crippen LogP contribution in [0.3, 0.4) is 0 Å². The van der Waals surface area contributed by atoms with Crippen LogP contribution in [-0.2, 0) is 13.6 Å². The molecule has 4 nitrogen and oxygen atoms in total. The Balaban J connectivity index is 2.11. The molecule has 2 heterocycles. The van der Waals surface area contributed by atoms with Crippen molar-refractivity contribution in [1.29, 1.82) is 0 Å². The largest absolute Gasteiger partial charge is 0.289 e. The molecule has 1 aliphatic heterocycles. The van der Waals surface area contributed by atoms with Gasteiger partial charge in [-0.05, 0) is 20.3 Å². The summed E-state index contributed by atoms with van der Waals surface area (Å²) in [6.07, 6.45) is 2.64. The number of halogens is 1. The Labute approximate surface area is 95.2 Å². The quantitative estimate of drug-likeness (QED) is 0.718.